The minimum Gasteiger partial charge on any atom is -0.378 e. The third-order valence-corrected chi connectivity index (χ3v) is 5.96. The standard InChI is InChI=1S/C15H21ClN4OS/c1-15(2,19(3)4)11-9-10-12(22-11)13(18-14(16)17-10)20-5-7-21-8-6-20/h9H,5-8H2,1-4H3. The predicted octanol–water partition coefficient (Wildman–Crippen LogP) is 2.98. The first kappa shape index (κ1) is 15.9. The fourth-order valence-electron chi connectivity index (χ4n) is 2.40. The molecule has 22 heavy (non-hydrogen) atoms. The SMILES string of the molecule is CN(C)C(C)(C)c1cc2nc(Cl)nc(N3CCOCC3)c2s1. The van der Waals surface area contributed by atoms with Crippen LogP contribution in [0, 0.1) is 0 Å². The maximum absolute atomic E-state index is 6.14. The van der Waals surface area contributed by atoms with E-state index in [9.17, 15) is 0 Å². The number of hydrogen-bond acceptors (Lipinski definition) is 6. The lowest BCUT2D eigenvalue weighted by molar-refractivity contribution is 0.122. The third-order valence-electron chi connectivity index (χ3n) is 4.36. The van der Waals surface area contributed by atoms with Gasteiger partial charge in [0.2, 0.25) is 5.28 Å². The van der Waals surface area contributed by atoms with Gasteiger partial charge in [-0.05, 0) is 45.6 Å². The summed E-state index contributed by atoms with van der Waals surface area (Å²) < 4.78 is 6.54. The molecule has 3 heterocycles. The molecule has 1 aliphatic heterocycles. The molecule has 0 N–H and O–H groups in total. The van der Waals surface area contributed by atoms with Crippen molar-refractivity contribution in [3.8, 4) is 0 Å². The minimum atomic E-state index is -0.0554. The maximum atomic E-state index is 6.14. The third kappa shape index (κ3) is 2.80. The number of rotatable bonds is 3. The molecule has 3 rings (SSSR count). The summed E-state index contributed by atoms with van der Waals surface area (Å²) in [6, 6.07) is 2.14. The number of thiophene rings is 1. The largest absolute Gasteiger partial charge is 0.378 e. The van der Waals surface area contributed by atoms with Crippen LogP contribution in [0.3, 0.4) is 0 Å². The van der Waals surface area contributed by atoms with Crippen molar-refractivity contribution >= 4 is 39.0 Å². The van der Waals surface area contributed by atoms with Crippen molar-refractivity contribution in [3.63, 3.8) is 0 Å². The van der Waals surface area contributed by atoms with E-state index in [1.165, 1.54) is 4.88 Å². The maximum Gasteiger partial charge on any atom is 0.224 e. The van der Waals surface area contributed by atoms with Crippen molar-refractivity contribution < 1.29 is 4.74 Å². The van der Waals surface area contributed by atoms with Crippen LogP contribution < -0.4 is 4.90 Å². The summed E-state index contributed by atoms with van der Waals surface area (Å²) in [5.74, 6) is 0.934. The molecule has 0 bridgehead atoms. The second-order valence-electron chi connectivity index (χ2n) is 6.19. The van der Waals surface area contributed by atoms with Gasteiger partial charge in [0.05, 0.1) is 23.4 Å². The highest BCUT2D eigenvalue weighted by Gasteiger charge is 2.27. The highest BCUT2D eigenvalue weighted by atomic mass is 35.5. The molecule has 1 saturated heterocycles. The van der Waals surface area contributed by atoms with E-state index >= 15 is 0 Å². The Morgan fingerprint density at radius 3 is 2.59 bits per heavy atom. The summed E-state index contributed by atoms with van der Waals surface area (Å²) >= 11 is 7.90. The number of nitrogens with zero attached hydrogens (tertiary/aromatic N) is 4. The number of hydrogen-bond donors (Lipinski definition) is 0. The topological polar surface area (TPSA) is 41.5 Å². The van der Waals surface area contributed by atoms with Crippen LogP contribution >= 0.6 is 22.9 Å². The van der Waals surface area contributed by atoms with Crippen LogP contribution in [0.4, 0.5) is 5.82 Å². The molecule has 0 amide bonds. The van der Waals surface area contributed by atoms with Crippen LogP contribution in [-0.2, 0) is 10.3 Å². The van der Waals surface area contributed by atoms with Crippen molar-refractivity contribution in [3.05, 3.63) is 16.2 Å². The quantitative estimate of drug-likeness (QED) is 0.803. The zero-order valence-corrected chi connectivity index (χ0v) is 15.0. The van der Waals surface area contributed by atoms with E-state index in [-0.39, 0.29) is 5.54 Å². The van der Waals surface area contributed by atoms with Gasteiger partial charge in [-0.1, -0.05) is 0 Å². The first-order chi connectivity index (χ1) is 10.4. The predicted molar refractivity (Wildman–Crippen MR) is 92.2 cm³/mol. The van der Waals surface area contributed by atoms with Gasteiger partial charge in [-0.25, -0.2) is 4.98 Å². The first-order valence-electron chi connectivity index (χ1n) is 7.37. The van der Waals surface area contributed by atoms with Gasteiger partial charge in [-0.3, -0.25) is 4.90 Å². The Labute approximate surface area is 139 Å². The Morgan fingerprint density at radius 2 is 1.95 bits per heavy atom. The van der Waals surface area contributed by atoms with Gasteiger partial charge >= 0.3 is 0 Å². The van der Waals surface area contributed by atoms with Crippen LogP contribution in [0.1, 0.15) is 18.7 Å². The fraction of sp³-hybridized carbons (Fsp3) is 0.600. The smallest absolute Gasteiger partial charge is 0.224 e. The van der Waals surface area contributed by atoms with Crippen LogP contribution in [-0.4, -0.2) is 55.3 Å². The van der Waals surface area contributed by atoms with Gasteiger partial charge in [-0.15, -0.1) is 11.3 Å². The monoisotopic (exact) mass is 340 g/mol. The Morgan fingerprint density at radius 1 is 1.27 bits per heavy atom. The minimum absolute atomic E-state index is 0.0554. The molecule has 2 aromatic heterocycles. The van der Waals surface area contributed by atoms with Crippen LogP contribution in [0.15, 0.2) is 6.07 Å². The van der Waals surface area contributed by atoms with Gasteiger partial charge in [0.15, 0.2) is 5.82 Å². The Hall–Kier alpha value is -0.950. The number of anilines is 1. The molecule has 2 aromatic rings. The normalized spacial score (nSPS) is 16.7. The van der Waals surface area contributed by atoms with E-state index < -0.39 is 0 Å². The summed E-state index contributed by atoms with van der Waals surface area (Å²) in [6.07, 6.45) is 0. The van der Waals surface area contributed by atoms with E-state index in [2.05, 4.69) is 53.8 Å². The first-order valence-corrected chi connectivity index (χ1v) is 8.56. The number of aromatic nitrogens is 2. The summed E-state index contributed by atoms with van der Waals surface area (Å²) in [6.45, 7) is 7.55. The number of ether oxygens (including phenoxy) is 1. The molecule has 7 heteroatoms. The number of halogens is 1. The van der Waals surface area contributed by atoms with Gasteiger partial charge < -0.3 is 9.64 Å². The van der Waals surface area contributed by atoms with E-state index in [1.54, 1.807) is 11.3 Å². The average Bonchev–Trinajstić information content (AvgIpc) is 2.91. The van der Waals surface area contributed by atoms with Crippen molar-refractivity contribution in [1.29, 1.82) is 0 Å². The molecular weight excluding hydrogens is 320 g/mol. The van der Waals surface area contributed by atoms with E-state index in [0.29, 0.717) is 5.28 Å². The summed E-state index contributed by atoms with van der Waals surface area (Å²) in [4.78, 5) is 14.6. The number of morpholine rings is 1. The molecule has 1 fully saturated rings. The lowest BCUT2D eigenvalue weighted by Crippen LogP contribution is -2.36. The fourth-order valence-corrected chi connectivity index (χ4v) is 3.87. The molecule has 120 valence electrons. The average molecular weight is 341 g/mol. The van der Waals surface area contributed by atoms with Crippen molar-refractivity contribution in [2.75, 3.05) is 45.3 Å². The van der Waals surface area contributed by atoms with Gasteiger partial charge in [0.25, 0.3) is 0 Å². The molecule has 1 aliphatic rings. The van der Waals surface area contributed by atoms with Crippen LogP contribution in [0.25, 0.3) is 10.2 Å². The van der Waals surface area contributed by atoms with Gasteiger partial charge in [0, 0.05) is 23.5 Å². The summed E-state index contributed by atoms with van der Waals surface area (Å²) in [5.41, 5.74) is 0.872. The molecule has 0 atom stereocenters. The molecule has 0 unspecified atom stereocenters. The molecule has 5 nitrogen and oxygen atoms in total. The molecule has 0 aromatic carbocycles. The zero-order valence-electron chi connectivity index (χ0n) is 13.4. The zero-order chi connectivity index (χ0) is 15.9. The van der Waals surface area contributed by atoms with Crippen molar-refractivity contribution in [2.24, 2.45) is 0 Å². The molecule has 0 aliphatic carbocycles. The van der Waals surface area contributed by atoms with E-state index in [1.807, 2.05) is 0 Å². The van der Waals surface area contributed by atoms with Gasteiger partial charge in [0.1, 0.15) is 0 Å². The van der Waals surface area contributed by atoms with E-state index in [0.717, 1.165) is 42.3 Å². The van der Waals surface area contributed by atoms with E-state index in [4.69, 9.17) is 16.3 Å². The highest BCUT2D eigenvalue weighted by Crippen LogP contribution is 2.39. The summed E-state index contributed by atoms with van der Waals surface area (Å²) in [7, 11) is 4.18. The lowest BCUT2D eigenvalue weighted by atomic mass is 10.0. The van der Waals surface area contributed by atoms with Crippen LogP contribution in [0.2, 0.25) is 5.28 Å². The number of fused-ring (bicyclic) bond motifs is 1. The summed E-state index contributed by atoms with van der Waals surface area (Å²) in [5, 5.41) is 0.306. The molecule has 0 radical (unpaired) electrons. The highest BCUT2D eigenvalue weighted by molar-refractivity contribution is 7.19. The van der Waals surface area contributed by atoms with Crippen LogP contribution in [0.5, 0.6) is 0 Å². The second-order valence-corrected chi connectivity index (χ2v) is 7.58. The molecular formula is C15H21ClN4OS. The van der Waals surface area contributed by atoms with Crippen molar-refractivity contribution in [1.82, 2.24) is 14.9 Å². The van der Waals surface area contributed by atoms with Gasteiger partial charge in [-0.2, -0.15) is 4.98 Å². The Bertz CT molecular complexity index is 679. The second kappa shape index (κ2) is 5.92. The Kier molecular flexibility index (Phi) is 4.29. The lowest BCUT2D eigenvalue weighted by Gasteiger charge is -2.31. The molecule has 0 spiro atoms. The van der Waals surface area contributed by atoms with Crippen molar-refractivity contribution in [2.45, 2.75) is 19.4 Å². The molecule has 0 saturated carbocycles. The Balaban J connectivity index is 2.11.